The summed E-state index contributed by atoms with van der Waals surface area (Å²) in [7, 11) is 3.37. The van der Waals surface area contributed by atoms with E-state index in [1.807, 2.05) is 26.0 Å². The normalized spacial score (nSPS) is 12.2. The average molecular weight is 682 g/mol. The summed E-state index contributed by atoms with van der Waals surface area (Å²) in [4.78, 5) is 24.6. The third-order valence-corrected chi connectivity index (χ3v) is 9.60. The van der Waals surface area contributed by atoms with Crippen LogP contribution in [0.1, 0.15) is 97.3 Å². The zero-order chi connectivity index (χ0) is 34.0. The standard InChI is InChI=1S/C36H59NO7S2/c1-29(2)13-9-19-37-35(39)31-15-8-18-33(27-31)44-28-34(45-46-36(5,6)7)43-26-25-42-24-23-41-22-12-17-32(38)16-11-21-40-20-10-14-30(3)4/h8,15,18,27,29-30,34H,9,11-13,16-17,19-26,28H2,1-7H3,(H,37,39)/t34-/m0/s1. The van der Waals surface area contributed by atoms with Crippen LogP contribution in [0.2, 0.25) is 0 Å². The van der Waals surface area contributed by atoms with E-state index in [0.717, 1.165) is 19.3 Å². The SMILES string of the molecule is CC(C)C#CCOCCCC(=O)CCCOCCOCCO[C@H](COc1cccc(C(=O)NCCCC(C)C)c1)SSC(C)(C)C. The lowest BCUT2D eigenvalue weighted by Gasteiger charge is -2.22. The van der Waals surface area contributed by atoms with E-state index in [2.05, 4.69) is 51.8 Å². The summed E-state index contributed by atoms with van der Waals surface area (Å²) < 4.78 is 28.9. The zero-order valence-electron chi connectivity index (χ0n) is 29.3. The summed E-state index contributed by atoms with van der Waals surface area (Å²) in [6, 6.07) is 7.27. The number of Topliss-reactive ketones (excluding diaryl/α,β-unsaturated/α-hetero) is 1. The predicted molar refractivity (Wildman–Crippen MR) is 192 cm³/mol. The second kappa shape index (κ2) is 26.2. The summed E-state index contributed by atoms with van der Waals surface area (Å²) in [6.07, 6.45) is 4.54. The highest BCUT2D eigenvalue weighted by Gasteiger charge is 2.18. The van der Waals surface area contributed by atoms with Crippen LogP contribution in [0.4, 0.5) is 0 Å². The first kappa shape index (κ1) is 42.3. The lowest BCUT2D eigenvalue weighted by Crippen LogP contribution is -2.25. The van der Waals surface area contributed by atoms with Crippen molar-refractivity contribution in [1.82, 2.24) is 5.32 Å². The second-order valence-electron chi connectivity index (χ2n) is 12.7. The van der Waals surface area contributed by atoms with Gasteiger partial charge in [-0.25, -0.2) is 0 Å². The Kier molecular flexibility index (Phi) is 24.1. The van der Waals surface area contributed by atoms with Crippen molar-refractivity contribution in [2.75, 3.05) is 59.4 Å². The fourth-order valence-corrected chi connectivity index (χ4v) is 6.00. The Morgan fingerprint density at radius 1 is 0.891 bits per heavy atom. The highest BCUT2D eigenvalue weighted by molar-refractivity contribution is 8.77. The average Bonchev–Trinajstić information content (AvgIpc) is 3.00. The Morgan fingerprint density at radius 2 is 1.57 bits per heavy atom. The van der Waals surface area contributed by atoms with Gasteiger partial charge in [-0.05, 0) is 49.8 Å². The van der Waals surface area contributed by atoms with Gasteiger partial charge in [-0.15, -0.1) is 0 Å². The highest BCUT2D eigenvalue weighted by atomic mass is 33.1. The van der Waals surface area contributed by atoms with E-state index in [1.54, 1.807) is 33.7 Å². The molecule has 10 heteroatoms. The van der Waals surface area contributed by atoms with Gasteiger partial charge in [0.05, 0.1) is 26.4 Å². The van der Waals surface area contributed by atoms with Crippen molar-refractivity contribution in [3.63, 3.8) is 0 Å². The maximum atomic E-state index is 12.6. The lowest BCUT2D eigenvalue weighted by atomic mass is 10.1. The summed E-state index contributed by atoms with van der Waals surface area (Å²) >= 11 is 0. The van der Waals surface area contributed by atoms with Gasteiger partial charge >= 0.3 is 0 Å². The van der Waals surface area contributed by atoms with E-state index >= 15 is 0 Å². The Balaban J connectivity index is 2.24. The van der Waals surface area contributed by atoms with E-state index in [9.17, 15) is 9.59 Å². The molecule has 0 fully saturated rings. The summed E-state index contributed by atoms with van der Waals surface area (Å²) in [5, 5.41) is 2.99. The smallest absolute Gasteiger partial charge is 0.251 e. The molecule has 0 radical (unpaired) electrons. The van der Waals surface area contributed by atoms with E-state index < -0.39 is 0 Å². The lowest BCUT2D eigenvalue weighted by molar-refractivity contribution is -0.119. The summed E-state index contributed by atoms with van der Waals surface area (Å²) in [6.45, 7) is 19.3. The zero-order valence-corrected chi connectivity index (χ0v) is 31.0. The van der Waals surface area contributed by atoms with Gasteiger partial charge in [0.1, 0.15) is 30.2 Å². The molecule has 0 saturated carbocycles. The van der Waals surface area contributed by atoms with Crippen molar-refractivity contribution >= 4 is 33.3 Å². The molecule has 0 aromatic heterocycles. The first-order valence-electron chi connectivity index (χ1n) is 16.7. The van der Waals surface area contributed by atoms with Crippen LogP contribution in [-0.4, -0.2) is 81.3 Å². The van der Waals surface area contributed by atoms with Gasteiger partial charge in [0, 0.05) is 48.8 Å². The topological polar surface area (TPSA) is 92.3 Å². The molecular formula is C36H59NO7S2. The fourth-order valence-electron chi connectivity index (χ4n) is 3.80. The number of rotatable bonds is 26. The van der Waals surface area contributed by atoms with Crippen LogP contribution in [0.5, 0.6) is 5.75 Å². The molecular weight excluding hydrogens is 623 g/mol. The van der Waals surface area contributed by atoms with E-state index in [4.69, 9.17) is 23.7 Å². The molecule has 0 unspecified atom stereocenters. The molecule has 46 heavy (non-hydrogen) atoms. The van der Waals surface area contributed by atoms with Crippen LogP contribution >= 0.6 is 21.6 Å². The van der Waals surface area contributed by atoms with E-state index in [1.165, 1.54) is 0 Å². The van der Waals surface area contributed by atoms with Crippen LogP contribution in [0, 0.1) is 23.7 Å². The van der Waals surface area contributed by atoms with Gasteiger partial charge in [-0.2, -0.15) is 0 Å². The maximum Gasteiger partial charge on any atom is 0.251 e. The third-order valence-electron chi connectivity index (χ3n) is 6.09. The van der Waals surface area contributed by atoms with Crippen molar-refractivity contribution in [1.29, 1.82) is 0 Å². The molecule has 8 nitrogen and oxygen atoms in total. The maximum absolute atomic E-state index is 12.6. The minimum Gasteiger partial charge on any atom is -0.490 e. The molecule has 0 aliphatic rings. The quantitative estimate of drug-likeness (QED) is 0.0460. The Labute approximate surface area is 286 Å². The fraction of sp³-hybridized carbons (Fsp3) is 0.722. The molecule has 0 aliphatic heterocycles. The number of carbonyl (C=O) groups excluding carboxylic acids is 2. The Bertz CT molecular complexity index is 1020. The molecule has 1 aromatic rings. The molecule has 0 saturated heterocycles. The van der Waals surface area contributed by atoms with Crippen molar-refractivity contribution in [3.05, 3.63) is 29.8 Å². The Morgan fingerprint density at radius 3 is 2.24 bits per heavy atom. The van der Waals surface area contributed by atoms with Crippen LogP contribution in [0.25, 0.3) is 0 Å². The number of amides is 1. The number of benzene rings is 1. The Hall–Kier alpha value is -1.74. The van der Waals surface area contributed by atoms with Crippen molar-refractivity contribution in [2.24, 2.45) is 11.8 Å². The molecule has 0 spiro atoms. The molecule has 0 bridgehead atoms. The van der Waals surface area contributed by atoms with Crippen molar-refractivity contribution in [2.45, 2.75) is 97.2 Å². The minimum atomic E-state index is -0.208. The molecule has 1 amide bonds. The number of nitrogens with one attached hydrogen (secondary N) is 1. The van der Waals surface area contributed by atoms with Gasteiger partial charge < -0.3 is 29.0 Å². The van der Waals surface area contributed by atoms with Gasteiger partial charge in [0.15, 0.2) is 0 Å². The van der Waals surface area contributed by atoms with Crippen molar-refractivity contribution < 1.29 is 33.3 Å². The predicted octanol–water partition coefficient (Wildman–Crippen LogP) is 7.59. The summed E-state index contributed by atoms with van der Waals surface area (Å²) in [5.74, 6) is 7.78. The molecule has 262 valence electrons. The van der Waals surface area contributed by atoms with Gasteiger partial charge in [0.2, 0.25) is 0 Å². The molecule has 1 N–H and O–H groups in total. The molecule has 1 atom stereocenters. The third kappa shape index (κ3) is 25.4. The van der Waals surface area contributed by atoms with Crippen LogP contribution in [0.3, 0.4) is 0 Å². The van der Waals surface area contributed by atoms with E-state index in [0.29, 0.717) is 102 Å². The van der Waals surface area contributed by atoms with Crippen LogP contribution < -0.4 is 10.1 Å². The molecule has 1 rings (SSSR count). The highest BCUT2D eigenvalue weighted by Crippen LogP contribution is 2.38. The largest absolute Gasteiger partial charge is 0.490 e. The number of carbonyl (C=O) groups is 2. The number of ketones is 1. The van der Waals surface area contributed by atoms with Crippen molar-refractivity contribution in [3.8, 4) is 17.6 Å². The van der Waals surface area contributed by atoms with Gasteiger partial charge in [0.25, 0.3) is 5.91 Å². The van der Waals surface area contributed by atoms with E-state index in [-0.39, 0.29) is 21.9 Å². The molecule has 1 aromatic carbocycles. The summed E-state index contributed by atoms with van der Waals surface area (Å²) in [5.41, 5.74) is 0.378. The molecule has 0 aliphatic carbocycles. The monoisotopic (exact) mass is 681 g/mol. The number of ether oxygens (including phenoxy) is 5. The first-order valence-corrected chi connectivity index (χ1v) is 18.9. The molecule has 0 heterocycles. The first-order chi connectivity index (χ1) is 22.0. The second-order valence-corrected chi connectivity index (χ2v) is 15.9. The van der Waals surface area contributed by atoms with Gasteiger partial charge in [-0.1, -0.05) is 88.0 Å². The minimum absolute atomic E-state index is 0.0647. The van der Waals surface area contributed by atoms with Gasteiger partial charge in [-0.3, -0.25) is 9.59 Å². The van der Waals surface area contributed by atoms with Crippen LogP contribution in [0.15, 0.2) is 24.3 Å². The number of hydrogen-bond donors (Lipinski definition) is 1. The van der Waals surface area contributed by atoms with Crippen LogP contribution in [-0.2, 0) is 23.7 Å². The number of hydrogen-bond acceptors (Lipinski definition) is 9.